The SMILES string of the molecule is CCCCN(CC)c1cc2nc(C)sc2cc1N. The van der Waals surface area contributed by atoms with Gasteiger partial charge >= 0.3 is 0 Å². The van der Waals surface area contributed by atoms with Gasteiger partial charge in [-0.2, -0.15) is 0 Å². The highest BCUT2D eigenvalue weighted by Crippen LogP contribution is 2.32. The van der Waals surface area contributed by atoms with Gasteiger partial charge in [0.15, 0.2) is 0 Å². The Morgan fingerprint density at radius 3 is 2.78 bits per heavy atom. The molecule has 0 fully saturated rings. The summed E-state index contributed by atoms with van der Waals surface area (Å²) >= 11 is 1.70. The van der Waals surface area contributed by atoms with Gasteiger partial charge < -0.3 is 10.6 Å². The van der Waals surface area contributed by atoms with E-state index in [9.17, 15) is 0 Å². The molecular weight excluding hydrogens is 242 g/mol. The molecule has 0 aliphatic heterocycles. The molecule has 0 unspecified atom stereocenters. The van der Waals surface area contributed by atoms with Gasteiger partial charge in [0, 0.05) is 13.1 Å². The van der Waals surface area contributed by atoms with E-state index in [0.717, 1.165) is 35.0 Å². The molecule has 0 atom stereocenters. The van der Waals surface area contributed by atoms with Crippen LogP contribution in [0.25, 0.3) is 10.2 Å². The molecule has 0 spiro atoms. The van der Waals surface area contributed by atoms with E-state index in [1.54, 1.807) is 11.3 Å². The zero-order valence-corrected chi connectivity index (χ0v) is 12.2. The third-order valence-corrected chi connectivity index (χ3v) is 4.08. The second kappa shape index (κ2) is 5.57. The molecule has 0 aliphatic rings. The molecule has 0 radical (unpaired) electrons. The predicted octanol–water partition coefficient (Wildman–Crippen LogP) is 3.81. The average molecular weight is 263 g/mol. The first-order valence-electron chi connectivity index (χ1n) is 6.57. The molecule has 0 bridgehead atoms. The number of thiazole rings is 1. The Hall–Kier alpha value is -1.29. The van der Waals surface area contributed by atoms with Gasteiger partial charge in [0.25, 0.3) is 0 Å². The monoisotopic (exact) mass is 263 g/mol. The van der Waals surface area contributed by atoms with Crippen LogP contribution in [-0.4, -0.2) is 18.1 Å². The lowest BCUT2D eigenvalue weighted by Gasteiger charge is -2.24. The van der Waals surface area contributed by atoms with Crippen LogP contribution in [0.3, 0.4) is 0 Å². The summed E-state index contributed by atoms with van der Waals surface area (Å²) in [5, 5.41) is 1.10. The fourth-order valence-electron chi connectivity index (χ4n) is 2.17. The summed E-state index contributed by atoms with van der Waals surface area (Å²) < 4.78 is 1.18. The number of fused-ring (bicyclic) bond motifs is 1. The van der Waals surface area contributed by atoms with Gasteiger partial charge in [-0.3, -0.25) is 0 Å². The maximum atomic E-state index is 6.18. The number of unbranched alkanes of at least 4 members (excludes halogenated alkanes) is 1. The van der Waals surface area contributed by atoms with Gasteiger partial charge in [-0.25, -0.2) is 4.98 Å². The minimum Gasteiger partial charge on any atom is -0.397 e. The average Bonchev–Trinajstić information content (AvgIpc) is 2.69. The molecule has 2 rings (SSSR count). The van der Waals surface area contributed by atoms with E-state index in [4.69, 9.17) is 5.73 Å². The molecule has 1 aromatic heterocycles. The highest BCUT2D eigenvalue weighted by Gasteiger charge is 2.11. The van der Waals surface area contributed by atoms with Crippen molar-refractivity contribution >= 4 is 32.9 Å². The predicted molar refractivity (Wildman–Crippen MR) is 81.6 cm³/mol. The van der Waals surface area contributed by atoms with Crippen molar-refractivity contribution in [1.29, 1.82) is 0 Å². The molecule has 2 N–H and O–H groups in total. The normalized spacial score (nSPS) is 11.1. The fourth-order valence-corrected chi connectivity index (χ4v) is 3.02. The van der Waals surface area contributed by atoms with Crippen LogP contribution in [0.4, 0.5) is 11.4 Å². The minimum absolute atomic E-state index is 0.865. The van der Waals surface area contributed by atoms with Crippen LogP contribution in [0, 0.1) is 6.92 Å². The second-order valence-corrected chi connectivity index (χ2v) is 5.78. The van der Waals surface area contributed by atoms with Crippen LogP contribution in [0.15, 0.2) is 12.1 Å². The van der Waals surface area contributed by atoms with Gasteiger partial charge in [-0.15, -0.1) is 11.3 Å². The molecule has 98 valence electrons. The van der Waals surface area contributed by atoms with E-state index in [-0.39, 0.29) is 0 Å². The van der Waals surface area contributed by atoms with E-state index >= 15 is 0 Å². The van der Waals surface area contributed by atoms with Gasteiger partial charge in [-0.05, 0) is 32.4 Å². The van der Waals surface area contributed by atoms with Crippen molar-refractivity contribution in [2.24, 2.45) is 0 Å². The summed E-state index contributed by atoms with van der Waals surface area (Å²) in [7, 11) is 0. The van der Waals surface area contributed by atoms with Crippen molar-refractivity contribution in [2.75, 3.05) is 23.7 Å². The molecule has 4 heteroatoms. The number of nitrogens with two attached hydrogens (primary N) is 1. The molecule has 18 heavy (non-hydrogen) atoms. The van der Waals surface area contributed by atoms with Crippen molar-refractivity contribution in [3.8, 4) is 0 Å². The molecule has 0 aliphatic carbocycles. The zero-order chi connectivity index (χ0) is 13.1. The van der Waals surface area contributed by atoms with Crippen molar-refractivity contribution in [3.63, 3.8) is 0 Å². The summed E-state index contributed by atoms with van der Waals surface area (Å²) in [5.41, 5.74) is 9.24. The van der Waals surface area contributed by atoms with E-state index < -0.39 is 0 Å². The maximum absolute atomic E-state index is 6.18. The third-order valence-electron chi connectivity index (χ3n) is 3.15. The van der Waals surface area contributed by atoms with Crippen molar-refractivity contribution in [3.05, 3.63) is 17.1 Å². The van der Waals surface area contributed by atoms with Gasteiger partial charge in [0.1, 0.15) is 0 Å². The first-order chi connectivity index (χ1) is 8.65. The van der Waals surface area contributed by atoms with E-state index in [1.165, 1.54) is 17.5 Å². The maximum Gasteiger partial charge on any atom is 0.0907 e. The van der Waals surface area contributed by atoms with Gasteiger partial charge in [-0.1, -0.05) is 13.3 Å². The van der Waals surface area contributed by atoms with Crippen LogP contribution >= 0.6 is 11.3 Å². The Morgan fingerprint density at radius 1 is 1.33 bits per heavy atom. The van der Waals surface area contributed by atoms with Crippen molar-refractivity contribution in [1.82, 2.24) is 4.98 Å². The molecule has 1 heterocycles. The lowest BCUT2D eigenvalue weighted by molar-refractivity contribution is 0.733. The number of hydrogen-bond acceptors (Lipinski definition) is 4. The number of anilines is 2. The smallest absolute Gasteiger partial charge is 0.0907 e. The summed E-state index contributed by atoms with van der Waals surface area (Å²) in [4.78, 5) is 6.89. The number of nitrogen functional groups attached to an aromatic ring is 1. The number of aryl methyl sites for hydroxylation is 1. The summed E-state index contributed by atoms with van der Waals surface area (Å²) in [5.74, 6) is 0. The van der Waals surface area contributed by atoms with Crippen LogP contribution in [-0.2, 0) is 0 Å². The first kappa shape index (κ1) is 13.1. The summed E-state index contributed by atoms with van der Waals surface area (Å²) in [6, 6.07) is 4.19. The minimum atomic E-state index is 0.865. The summed E-state index contributed by atoms with van der Waals surface area (Å²) in [6.07, 6.45) is 2.40. The Balaban J connectivity index is 2.38. The van der Waals surface area contributed by atoms with E-state index in [2.05, 4.69) is 35.9 Å². The van der Waals surface area contributed by atoms with Crippen LogP contribution in [0.1, 0.15) is 31.7 Å². The largest absolute Gasteiger partial charge is 0.397 e. The van der Waals surface area contributed by atoms with Crippen LogP contribution in [0.5, 0.6) is 0 Å². The van der Waals surface area contributed by atoms with Crippen molar-refractivity contribution < 1.29 is 0 Å². The topological polar surface area (TPSA) is 42.2 Å². The standard InChI is InChI=1S/C14H21N3S/c1-4-6-7-17(5-2)13-9-12-14(8-11(13)15)18-10(3)16-12/h8-9H,4-7,15H2,1-3H3. The number of benzene rings is 1. The van der Waals surface area contributed by atoms with Crippen LogP contribution < -0.4 is 10.6 Å². The molecular formula is C14H21N3S. The molecule has 1 aromatic carbocycles. The second-order valence-electron chi connectivity index (χ2n) is 4.54. The lowest BCUT2D eigenvalue weighted by Crippen LogP contribution is -2.24. The van der Waals surface area contributed by atoms with Crippen LogP contribution in [0.2, 0.25) is 0 Å². The highest BCUT2D eigenvalue weighted by molar-refractivity contribution is 7.18. The van der Waals surface area contributed by atoms with Crippen molar-refractivity contribution in [2.45, 2.75) is 33.6 Å². The molecule has 0 saturated carbocycles. The Morgan fingerprint density at radius 2 is 2.11 bits per heavy atom. The zero-order valence-electron chi connectivity index (χ0n) is 11.4. The number of hydrogen-bond donors (Lipinski definition) is 1. The molecule has 3 nitrogen and oxygen atoms in total. The third kappa shape index (κ3) is 2.58. The first-order valence-corrected chi connectivity index (χ1v) is 7.39. The Kier molecular flexibility index (Phi) is 4.07. The Labute approximate surface area is 113 Å². The van der Waals surface area contributed by atoms with E-state index in [1.807, 2.05) is 6.92 Å². The molecule has 0 saturated heterocycles. The highest BCUT2D eigenvalue weighted by atomic mass is 32.1. The number of aromatic nitrogens is 1. The lowest BCUT2D eigenvalue weighted by atomic mass is 10.2. The van der Waals surface area contributed by atoms with Gasteiger partial charge in [0.2, 0.25) is 0 Å². The number of nitrogens with zero attached hydrogens (tertiary/aromatic N) is 2. The molecule has 0 amide bonds. The van der Waals surface area contributed by atoms with E-state index in [0.29, 0.717) is 0 Å². The Bertz CT molecular complexity index is 533. The fraction of sp³-hybridized carbons (Fsp3) is 0.500. The molecule has 2 aromatic rings. The quantitative estimate of drug-likeness (QED) is 0.834. The summed E-state index contributed by atoms with van der Waals surface area (Å²) in [6.45, 7) is 8.47. The number of rotatable bonds is 5. The van der Waals surface area contributed by atoms with Gasteiger partial charge in [0.05, 0.1) is 26.6 Å².